The SMILES string of the molecule is Brc1ccnc([C@@H]2COCCN2)c1. The number of hydrogen-bond donors (Lipinski definition) is 1. The van der Waals surface area contributed by atoms with Crippen LogP contribution < -0.4 is 5.32 Å². The lowest BCUT2D eigenvalue weighted by Gasteiger charge is -2.23. The monoisotopic (exact) mass is 242 g/mol. The van der Waals surface area contributed by atoms with Crippen LogP contribution in [0, 0.1) is 0 Å². The largest absolute Gasteiger partial charge is 0.378 e. The summed E-state index contributed by atoms with van der Waals surface area (Å²) in [5.41, 5.74) is 1.04. The number of rotatable bonds is 1. The highest BCUT2D eigenvalue weighted by molar-refractivity contribution is 9.10. The van der Waals surface area contributed by atoms with E-state index in [-0.39, 0.29) is 6.04 Å². The van der Waals surface area contributed by atoms with Crippen LogP contribution in [0.25, 0.3) is 0 Å². The van der Waals surface area contributed by atoms with Crippen LogP contribution in [0.3, 0.4) is 0 Å². The van der Waals surface area contributed by atoms with Gasteiger partial charge in [-0.1, -0.05) is 15.9 Å². The molecule has 3 nitrogen and oxygen atoms in total. The fraction of sp³-hybridized carbons (Fsp3) is 0.444. The molecule has 0 aliphatic carbocycles. The zero-order valence-electron chi connectivity index (χ0n) is 7.16. The van der Waals surface area contributed by atoms with Gasteiger partial charge in [0, 0.05) is 17.2 Å². The minimum Gasteiger partial charge on any atom is -0.378 e. The summed E-state index contributed by atoms with van der Waals surface area (Å²) in [4.78, 5) is 4.29. The first-order chi connectivity index (χ1) is 6.36. The van der Waals surface area contributed by atoms with Crippen LogP contribution in [0.5, 0.6) is 0 Å². The van der Waals surface area contributed by atoms with E-state index < -0.39 is 0 Å². The fourth-order valence-electron chi connectivity index (χ4n) is 1.37. The standard InChI is InChI=1S/C9H11BrN2O/c10-7-1-2-11-8(5-7)9-6-13-4-3-12-9/h1-2,5,9,12H,3-4,6H2/t9-/m0/s1. The van der Waals surface area contributed by atoms with Gasteiger partial charge < -0.3 is 10.1 Å². The second-order valence-electron chi connectivity index (χ2n) is 2.98. The van der Waals surface area contributed by atoms with E-state index in [9.17, 15) is 0 Å². The number of nitrogens with one attached hydrogen (secondary N) is 1. The topological polar surface area (TPSA) is 34.1 Å². The number of hydrogen-bond acceptors (Lipinski definition) is 3. The molecule has 4 heteroatoms. The lowest BCUT2D eigenvalue weighted by molar-refractivity contribution is 0.0756. The molecule has 2 rings (SSSR count). The molecule has 0 unspecified atom stereocenters. The predicted molar refractivity (Wildman–Crippen MR) is 53.5 cm³/mol. The molecule has 1 atom stereocenters. The van der Waals surface area contributed by atoms with Crippen LogP contribution in [0.15, 0.2) is 22.8 Å². The van der Waals surface area contributed by atoms with Crippen molar-refractivity contribution in [3.63, 3.8) is 0 Å². The van der Waals surface area contributed by atoms with E-state index in [1.54, 1.807) is 6.20 Å². The van der Waals surface area contributed by atoms with Crippen molar-refractivity contribution in [1.29, 1.82) is 0 Å². The van der Waals surface area contributed by atoms with Crippen molar-refractivity contribution in [2.45, 2.75) is 6.04 Å². The van der Waals surface area contributed by atoms with E-state index in [0.717, 1.165) is 23.3 Å². The van der Waals surface area contributed by atoms with Gasteiger partial charge in [0.25, 0.3) is 0 Å². The van der Waals surface area contributed by atoms with Crippen molar-refractivity contribution in [3.05, 3.63) is 28.5 Å². The van der Waals surface area contributed by atoms with Crippen LogP contribution in [0.2, 0.25) is 0 Å². The highest BCUT2D eigenvalue weighted by Crippen LogP contribution is 2.17. The molecule has 13 heavy (non-hydrogen) atoms. The summed E-state index contributed by atoms with van der Waals surface area (Å²) in [7, 11) is 0. The highest BCUT2D eigenvalue weighted by atomic mass is 79.9. The van der Waals surface area contributed by atoms with E-state index in [4.69, 9.17) is 4.74 Å². The number of nitrogens with zero attached hydrogens (tertiary/aromatic N) is 1. The average Bonchev–Trinajstić information content (AvgIpc) is 2.19. The predicted octanol–water partition coefficient (Wildman–Crippen LogP) is 1.50. The van der Waals surface area contributed by atoms with Crippen molar-refractivity contribution >= 4 is 15.9 Å². The van der Waals surface area contributed by atoms with E-state index in [2.05, 4.69) is 26.2 Å². The fourth-order valence-corrected chi connectivity index (χ4v) is 1.72. The molecule has 0 saturated carbocycles. The van der Waals surface area contributed by atoms with Crippen molar-refractivity contribution in [2.24, 2.45) is 0 Å². The Labute approximate surface area is 85.6 Å². The maximum atomic E-state index is 5.36. The summed E-state index contributed by atoms with van der Waals surface area (Å²) in [5, 5.41) is 3.35. The molecule has 0 radical (unpaired) electrons. The van der Waals surface area contributed by atoms with E-state index in [1.807, 2.05) is 12.1 Å². The highest BCUT2D eigenvalue weighted by Gasteiger charge is 2.15. The molecule has 0 amide bonds. The Morgan fingerprint density at radius 3 is 3.23 bits per heavy atom. The van der Waals surface area contributed by atoms with Crippen molar-refractivity contribution < 1.29 is 4.74 Å². The number of morpholine rings is 1. The molecule has 70 valence electrons. The Bertz CT molecular complexity index is 287. The molecule has 0 bridgehead atoms. The zero-order chi connectivity index (χ0) is 9.10. The number of ether oxygens (including phenoxy) is 1. The maximum Gasteiger partial charge on any atom is 0.0733 e. The van der Waals surface area contributed by atoms with E-state index in [0.29, 0.717) is 6.61 Å². The molecule has 1 aromatic heterocycles. The second-order valence-corrected chi connectivity index (χ2v) is 3.90. The number of halogens is 1. The van der Waals surface area contributed by atoms with Gasteiger partial charge in [-0.2, -0.15) is 0 Å². The first-order valence-electron chi connectivity index (χ1n) is 4.29. The van der Waals surface area contributed by atoms with Gasteiger partial charge in [0.1, 0.15) is 0 Å². The Hall–Kier alpha value is -0.450. The molecule has 0 spiro atoms. The first kappa shape index (κ1) is 9.12. The summed E-state index contributed by atoms with van der Waals surface area (Å²) >= 11 is 3.42. The molecule has 1 N–H and O–H groups in total. The van der Waals surface area contributed by atoms with Gasteiger partial charge in [-0.15, -0.1) is 0 Å². The van der Waals surface area contributed by atoms with Gasteiger partial charge in [0.05, 0.1) is 24.9 Å². The number of pyridine rings is 1. The molecule has 1 aromatic rings. The van der Waals surface area contributed by atoms with Crippen LogP contribution >= 0.6 is 15.9 Å². The average molecular weight is 243 g/mol. The van der Waals surface area contributed by atoms with Gasteiger partial charge in [-0.05, 0) is 12.1 Å². The summed E-state index contributed by atoms with van der Waals surface area (Å²) in [6, 6.07) is 4.19. The summed E-state index contributed by atoms with van der Waals surface area (Å²) in [5.74, 6) is 0. The van der Waals surface area contributed by atoms with Crippen LogP contribution in [-0.4, -0.2) is 24.7 Å². The smallest absolute Gasteiger partial charge is 0.0733 e. The lowest BCUT2D eigenvalue weighted by Crippen LogP contribution is -2.35. The lowest BCUT2D eigenvalue weighted by atomic mass is 10.2. The van der Waals surface area contributed by atoms with Crippen molar-refractivity contribution in [3.8, 4) is 0 Å². The van der Waals surface area contributed by atoms with E-state index in [1.165, 1.54) is 0 Å². The van der Waals surface area contributed by atoms with Gasteiger partial charge in [-0.25, -0.2) is 0 Å². The third-order valence-electron chi connectivity index (χ3n) is 2.02. The summed E-state index contributed by atoms with van der Waals surface area (Å²) < 4.78 is 6.42. The van der Waals surface area contributed by atoms with Gasteiger partial charge >= 0.3 is 0 Å². The van der Waals surface area contributed by atoms with E-state index >= 15 is 0 Å². The molecule has 0 aromatic carbocycles. The molecular formula is C9H11BrN2O. The Balaban J connectivity index is 2.14. The van der Waals surface area contributed by atoms with Crippen LogP contribution in [0.1, 0.15) is 11.7 Å². The minimum atomic E-state index is 0.242. The Kier molecular flexibility index (Phi) is 2.93. The summed E-state index contributed by atoms with van der Waals surface area (Å²) in [6.45, 7) is 2.41. The van der Waals surface area contributed by atoms with Crippen LogP contribution in [0.4, 0.5) is 0 Å². The van der Waals surface area contributed by atoms with Crippen molar-refractivity contribution in [2.75, 3.05) is 19.8 Å². The molecule has 1 fully saturated rings. The van der Waals surface area contributed by atoms with Gasteiger partial charge in [0.2, 0.25) is 0 Å². The third kappa shape index (κ3) is 2.27. The molecule has 2 heterocycles. The Morgan fingerprint density at radius 2 is 2.54 bits per heavy atom. The zero-order valence-corrected chi connectivity index (χ0v) is 8.75. The molecular weight excluding hydrogens is 232 g/mol. The van der Waals surface area contributed by atoms with Gasteiger partial charge in [0.15, 0.2) is 0 Å². The Morgan fingerprint density at radius 1 is 1.62 bits per heavy atom. The normalized spacial score (nSPS) is 23.0. The van der Waals surface area contributed by atoms with Gasteiger partial charge in [-0.3, -0.25) is 4.98 Å². The van der Waals surface area contributed by atoms with Crippen LogP contribution in [-0.2, 0) is 4.74 Å². The molecule has 1 aliphatic rings. The number of aromatic nitrogens is 1. The molecule has 1 aliphatic heterocycles. The second kappa shape index (κ2) is 4.17. The minimum absolute atomic E-state index is 0.242. The first-order valence-corrected chi connectivity index (χ1v) is 5.08. The summed E-state index contributed by atoms with van der Waals surface area (Å²) in [6.07, 6.45) is 1.80. The third-order valence-corrected chi connectivity index (χ3v) is 2.52. The quantitative estimate of drug-likeness (QED) is 0.811. The maximum absolute atomic E-state index is 5.36. The van der Waals surface area contributed by atoms with Crippen molar-refractivity contribution in [1.82, 2.24) is 10.3 Å². The molecule has 1 saturated heterocycles.